The SMILES string of the molecule is O=C(NCCn1ccc2ccccc21)c1cnc2c(c1)ncn2C1CC1. The summed E-state index contributed by atoms with van der Waals surface area (Å²) >= 11 is 0. The second-order valence-electron chi connectivity index (χ2n) is 6.77. The summed E-state index contributed by atoms with van der Waals surface area (Å²) in [7, 11) is 0. The predicted octanol–water partition coefficient (Wildman–Crippen LogP) is 3.15. The number of rotatable bonds is 5. The highest BCUT2D eigenvalue weighted by Crippen LogP contribution is 2.36. The van der Waals surface area contributed by atoms with E-state index in [-0.39, 0.29) is 5.91 Å². The highest BCUT2D eigenvalue weighted by molar-refractivity contribution is 5.96. The van der Waals surface area contributed by atoms with E-state index in [4.69, 9.17) is 0 Å². The largest absolute Gasteiger partial charge is 0.350 e. The molecule has 1 aromatic carbocycles. The van der Waals surface area contributed by atoms with Gasteiger partial charge in [-0.15, -0.1) is 0 Å². The maximum absolute atomic E-state index is 12.4. The predicted molar refractivity (Wildman–Crippen MR) is 100 cm³/mol. The van der Waals surface area contributed by atoms with Gasteiger partial charge in [0.25, 0.3) is 5.91 Å². The second kappa shape index (κ2) is 5.98. The summed E-state index contributed by atoms with van der Waals surface area (Å²) in [5.41, 5.74) is 3.37. The van der Waals surface area contributed by atoms with Crippen LogP contribution in [0.15, 0.2) is 55.1 Å². The molecule has 0 bridgehead atoms. The van der Waals surface area contributed by atoms with Crippen molar-refractivity contribution >= 4 is 28.0 Å². The van der Waals surface area contributed by atoms with Gasteiger partial charge in [-0.05, 0) is 36.4 Å². The first kappa shape index (κ1) is 15.1. The number of hydrogen-bond acceptors (Lipinski definition) is 3. The van der Waals surface area contributed by atoms with E-state index >= 15 is 0 Å². The molecule has 0 radical (unpaired) electrons. The van der Waals surface area contributed by atoms with Gasteiger partial charge in [-0.1, -0.05) is 18.2 Å². The molecular formula is C20H19N5O. The summed E-state index contributed by atoms with van der Waals surface area (Å²) in [6, 6.07) is 12.7. The third kappa shape index (κ3) is 2.63. The Kier molecular flexibility index (Phi) is 3.48. The van der Waals surface area contributed by atoms with Crippen molar-refractivity contribution in [3.8, 4) is 0 Å². The van der Waals surface area contributed by atoms with Crippen molar-refractivity contribution in [3.63, 3.8) is 0 Å². The van der Waals surface area contributed by atoms with Crippen molar-refractivity contribution in [1.82, 2.24) is 24.4 Å². The maximum Gasteiger partial charge on any atom is 0.252 e. The number of fused-ring (bicyclic) bond motifs is 2. The van der Waals surface area contributed by atoms with Crippen LogP contribution in [0.4, 0.5) is 0 Å². The van der Waals surface area contributed by atoms with Crippen LogP contribution in [-0.4, -0.2) is 31.6 Å². The number of hydrogen-bond donors (Lipinski definition) is 1. The van der Waals surface area contributed by atoms with Crippen molar-refractivity contribution < 1.29 is 4.79 Å². The average Bonchev–Trinajstić information content (AvgIpc) is 3.30. The van der Waals surface area contributed by atoms with Crippen LogP contribution in [0.25, 0.3) is 22.1 Å². The van der Waals surface area contributed by atoms with E-state index in [1.54, 1.807) is 6.20 Å². The summed E-state index contributed by atoms with van der Waals surface area (Å²) < 4.78 is 4.25. The van der Waals surface area contributed by atoms with Crippen LogP contribution in [0.1, 0.15) is 29.2 Å². The molecule has 6 nitrogen and oxygen atoms in total. The molecule has 1 aliphatic rings. The molecule has 4 aromatic rings. The molecule has 0 saturated heterocycles. The first-order valence-corrected chi connectivity index (χ1v) is 8.94. The second-order valence-corrected chi connectivity index (χ2v) is 6.77. The first-order chi connectivity index (χ1) is 12.8. The monoisotopic (exact) mass is 345 g/mol. The van der Waals surface area contributed by atoms with Crippen LogP contribution in [0.5, 0.6) is 0 Å². The number of carbonyl (C=O) groups excluding carboxylic acids is 1. The summed E-state index contributed by atoms with van der Waals surface area (Å²) in [5.74, 6) is -0.114. The lowest BCUT2D eigenvalue weighted by Gasteiger charge is -2.08. The van der Waals surface area contributed by atoms with Gasteiger partial charge in [0.15, 0.2) is 5.65 Å². The van der Waals surface area contributed by atoms with Gasteiger partial charge in [0, 0.05) is 37.0 Å². The number of carbonyl (C=O) groups is 1. The zero-order chi connectivity index (χ0) is 17.5. The van der Waals surface area contributed by atoms with Crippen molar-refractivity contribution in [2.24, 2.45) is 0 Å². The molecule has 0 atom stereocenters. The molecule has 5 rings (SSSR count). The number of amides is 1. The number of nitrogens with zero attached hydrogens (tertiary/aromatic N) is 4. The molecule has 0 unspecified atom stereocenters. The number of aromatic nitrogens is 4. The lowest BCUT2D eigenvalue weighted by Crippen LogP contribution is -2.27. The molecular weight excluding hydrogens is 326 g/mol. The number of para-hydroxylation sites is 1. The van der Waals surface area contributed by atoms with Gasteiger partial charge in [-0.3, -0.25) is 4.79 Å². The number of imidazole rings is 1. The number of benzene rings is 1. The van der Waals surface area contributed by atoms with Gasteiger partial charge in [-0.2, -0.15) is 0 Å². The van der Waals surface area contributed by atoms with E-state index in [2.05, 4.69) is 48.8 Å². The Bertz CT molecular complexity index is 1110. The quantitative estimate of drug-likeness (QED) is 0.604. The van der Waals surface area contributed by atoms with E-state index in [9.17, 15) is 4.79 Å². The zero-order valence-electron chi connectivity index (χ0n) is 14.3. The van der Waals surface area contributed by atoms with Crippen molar-refractivity contribution in [2.75, 3.05) is 6.54 Å². The fraction of sp³-hybridized carbons (Fsp3) is 0.250. The number of nitrogens with one attached hydrogen (secondary N) is 1. The third-order valence-corrected chi connectivity index (χ3v) is 4.93. The summed E-state index contributed by atoms with van der Waals surface area (Å²) in [4.78, 5) is 21.3. The highest BCUT2D eigenvalue weighted by Gasteiger charge is 2.25. The van der Waals surface area contributed by atoms with E-state index in [1.165, 1.54) is 23.7 Å². The average molecular weight is 345 g/mol. The fourth-order valence-corrected chi connectivity index (χ4v) is 3.39. The summed E-state index contributed by atoms with van der Waals surface area (Å²) in [6.45, 7) is 1.29. The van der Waals surface area contributed by atoms with Crippen molar-refractivity contribution in [2.45, 2.75) is 25.4 Å². The molecule has 1 N–H and O–H groups in total. The van der Waals surface area contributed by atoms with Gasteiger partial charge in [0.2, 0.25) is 0 Å². The minimum atomic E-state index is -0.114. The summed E-state index contributed by atoms with van der Waals surface area (Å²) in [6.07, 6.45) is 7.89. The molecule has 1 saturated carbocycles. The van der Waals surface area contributed by atoms with Crippen LogP contribution in [0.2, 0.25) is 0 Å². The van der Waals surface area contributed by atoms with E-state index < -0.39 is 0 Å². The molecule has 0 spiro atoms. The smallest absolute Gasteiger partial charge is 0.252 e. The normalized spacial score (nSPS) is 14.2. The van der Waals surface area contributed by atoms with E-state index in [0.717, 1.165) is 17.7 Å². The Balaban J connectivity index is 1.27. The number of pyridine rings is 1. The molecule has 1 amide bonds. The molecule has 3 heterocycles. The fourth-order valence-electron chi connectivity index (χ4n) is 3.39. The maximum atomic E-state index is 12.4. The zero-order valence-corrected chi connectivity index (χ0v) is 14.3. The highest BCUT2D eigenvalue weighted by atomic mass is 16.1. The van der Waals surface area contributed by atoms with Gasteiger partial charge in [0.1, 0.15) is 5.52 Å². The van der Waals surface area contributed by atoms with Crippen LogP contribution < -0.4 is 5.32 Å². The Labute approximate surface area is 150 Å². The topological polar surface area (TPSA) is 64.7 Å². The van der Waals surface area contributed by atoms with Gasteiger partial charge in [0.05, 0.1) is 11.9 Å². The molecule has 0 aliphatic heterocycles. The first-order valence-electron chi connectivity index (χ1n) is 8.94. The summed E-state index contributed by atoms with van der Waals surface area (Å²) in [5, 5.41) is 4.18. The molecule has 1 fully saturated rings. The van der Waals surface area contributed by atoms with Crippen LogP contribution >= 0.6 is 0 Å². The van der Waals surface area contributed by atoms with E-state index in [1.807, 2.05) is 24.5 Å². The minimum Gasteiger partial charge on any atom is -0.350 e. The molecule has 6 heteroatoms. The lowest BCUT2D eigenvalue weighted by molar-refractivity contribution is 0.0952. The van der Waals surface area contributed by atoms with Crippen LogP contribution in [0, 0.1) is 0 Å². The third-order valence-electron chi connectivity index (χ3n) is 4.93. The Morgan fingerprint density at radius 2 is 2.08 bits per heavy atom. The van der Waals surface area contributed by atoms with Crippen LogP contribution in [0.3, 0.4) is 0 Å². The van der Waals surface area contributed by atoms with Crippen LogP contribution in [-0.2, 0) is 6.54 Å². The van der Waals surface area contributed by atoms with Gasteiger partial charge in [-0.25, -0.2) is 9.97 Å². The van der Waals surface area contributed by atoms with E-state index in [0.29, 0.717) is 18.2 Å². The Morgan fingerprint density at radius 1 is 1.19 bits per heavy atom. The van der Waals surface area contributed by atoms with Gasteiger partial charge >= 0.3 is 0 Å². The Hall–Kier alpha value is -3.15. The standard InChI is InChI=1S/C20H19N5O/c26-20(21-8-10-24-9-7-14-3-1-2-4-18(14)24)15-11-17-19(22-12-15)25(13-23-17)16-5-6-16/h1-4,7,9,11-13,16H,5-6,8,10H2,(H,21,26). The molecule has 26 heavy (non-hydrogen) atoms. The molecule has 130 valence electrons. The van der Waals surface area contributed by atoms with Crippen molar-refractivity contribution in [1.29, 1.82) is 0 Å². The minimum absolute atomic E-state index is 0.114. The lowest BCUT2D eigenvalue weighted by atomic mass is 10.2. The van der Waals surface area contributed by atoms with Gasteiger partial charge < -0.3 is 14.5 Å². The molecule has 1 aliphatic carbocycles. The van der Waals surface area contributed by atoms with Crippen molar-refractivity contribution in [3.05, 3.63) is 60.7 Å². The molecule has 3 aromatic heterocycles. The Morgan fingerprint density at radius 3 is 2.96 bits per heavy atom.